The van der Waals surface area contributed by atoms with Gasteiger partial charge in [-0.25, -0.2) is 8.42 Å². The fourth-order valence-electron chi connectivity index (χ4n) is 3.40. The number of benzene rings is 2. The van der Waals surface area contributed by atoms with Gasteiger partial charge in [-0.05, 0) is 37.0 Å². The smallest absolute Gasteiger partial charge is 0.271 e. The number of hydrogen-bond donors (Lipinski definition) is 2. The number of sulfonamides is 1. The molecule has 2 aromatic carbocycles. The van der Waals surface area contributed by atoms with E-state index in [2.05, 4.69) is 15.1 Å². The molecular formula is C26H34N4O4S. The summed E-state index contributed by atoms with van der Waals surface area (Å²) >= 11 is 0. The molecule has 3 aromatic rings. The summed E-state index contributed by atoms with van der Waals surface area (Å²) in [6.07, 6.45) is 0. The number of ether oxygens (including phenoxy) is 1. The highest BCUT2D eigenvalue weighted by molar-refractivity contribution is 7.92. The minimum Gasteiger partial charge on any atom is -0.380 e. The van der Waals surface area contributed by atoms with Crippen molar-refractivity contribution in [3.63, 3.8) is 0 Å². The number of hydrogen-bond acceptors (Lipinski definition) is 5. The molecule has 0 aliphatic heterocycles. The van der Waals surface area contributed by atoms with Crippen molar-refractivity contribution in [2.45, 2.75) is 52.2 Å². The SMILES string of the molecule is COCc1ccc(-c2nn(C)c(C(=O)NC(C)C(C)(C)C)c2NS(=O)(=O)c2ccc(C)cc2)cc1. The lowest BCUT2D eigenvalue weighted by molar-refractivity contribution is 0.0901. The first-order valence-corrected chi connectivity index (χ1v) is 12.9. The van der Waals surface area contributed by atoms with E-state index in [0.717, 1.165) is 11.1 Å². The number of methoxy groups -OCH3 is 1. The number of nitrogens with one attached hydrogen (secondary N) is 2. The molecule has 35 heavy (non-hydrogen) atoms. The van der Waals surface area contributed by atoms with Crippen molar-refractivity contribution in [2.24, 2.45) is 12.5 Å². The third kappa shape index (κ3) is 6.10. The molecule has 9 heteroatoms. The molecule has 2 N–H and O–H groups in total. The Hall–Kier alpha value is -3.17. The Balaban J connectivity index is 2.11. The van der Waals surface area contributed by atoms with Crippen LogP contribution in [-0.2, 0) is 28.4 Å². The van der Waals surface area contributed by atoms with Gasteiger partial charge in [0.25, 0.3) is 15.9 Å². The maximum Gasteiger partial charge on any atom is 0.271 e. The van der Waals surface area contributed by atoms with Gasteiger partial charge in [-0.1, -0.05) is 62.7 Å². The van der Waals surface area contributed by atoms with Crippen LogP contribution in [0.15, 0.2) is 53.4 Å². The molecule has 0 aliphatic carbocycles. The first-order valence-electron chi connectivity index (χ1n) is 11.4. The van der Waals surface area contributed by atoms with Gasteiger partial charge >= 0.3 is 0 Å². The Morgan fingerprint density at radius 3 is 2.23 bits per heavy atom. The summed E-state index contributed by atoms with van der Waals surface area (Å²) in [6, 6.07) is 13.8. The lowest BCUT2D eigenvalue weighted by Crippen LogP contribution is -2.42. The van der Waals surface area contributed by atoms with Gasteiger partial charge in [0.05, 0.1) is 11.5 Å². The number of nitrogens with zero attached hydrogens (tertiary/aromatic N) is 2. The highest BCUT2D eigenvalue weighted by Gasteiger charge is 2.30. The molecule has 1 aromatic heterocycles. The van der Waals surface area contributed by atoms with Gasteiger partial charge in [0.2, 0.25) is 0 Å². The van der Waals surface area contributed by atoms with Crippen molar-refractivity contribution in [3.05, 3.63) is 65.4 Å². The van der Waals surface area contributed by atoms with Crippen LogP contribution in [0.1, 0.15) is 49.3 Å². The van der Waals surface area contributed by atoms with Gasteiger partial charge in [0, 0.05) is 25.8 Å². The number of anilines is 1. The third-order valence-electron chi connectivity index (χ3n) is 6.02. The molecule has 8 nitrogen and oxygen atoms in total. The second kappa shape index (κ2) is 10.2. The van der Waals surface area contributed by atoms with E-state index < -0.39 is 15.9 Å². The Kier molecular flexibility index (Phi) is 7.71. The molecule has 3 rings (SSSR count). The summed E-state index contributed by atoms with van der Waals surface area (Å²) in [6.45, 7) is 10.3. The first-order chi connectivity index (χ1) is 16.3. The predicted octanol–water partition coefficient (Wildman–Crippen LogP) is 4.51. The summed E-state index contributed by atoms with van der Waals surface area (Å²) in [4.78, 5) is 13.5. The van der Waals surface area contributed by atoms with Crippen LogP contribution < -0.4 is 10.0 Å². The number of carbonyl (C=O) groups is 1. The van der Waals surface area contributed by atoms with Gasteiger partial charge in [0.15, 0.2) is 5.69 Å². The average Bonchev–Trinajstić information content (AvgIpc) is 3.09. The number of carbonyl (C=O) groups excluding carboxylic acids is 1. The second-order valence-corrected chi connectivity index (χ2v) is 11.5. The van der Waals surface area contributed by atoms with Crippen LogP contribution in [0.4, 0.5) is 5.69 Å². The topological polar surface area (TPSA) is 102 Å². The number of rotatable bonds is 8. The maximum atomic E-state index is 13.4. The predicted molar refractivity (Wildman–Crippen MR) is 138 cm³/mol. The van der Waals surface area contributed by atoms with Gasteiger partial charge < -0.3 is 10.1 Å². The van der Waals surface area contributed by atoms with Crippen LogP contribution in [0, 0.1) is 12.3 Å². The monoisotopic (exact) mass is 498 g/mol. The normalized spacial score (nSPS) is 12.9. The van der Waals surface area contributed by atoms with Crippen molar-refractivity contribution in [1.29, 1.82) is 0 Å². The molecule has 188 valence electrons. The summed E-state index contributed by atoms with van der Waals surface area (Å²) in [5.41, 5.74) is 3.02. The number of aromatic nitrogens is 2. The van der Waals surface area contributed by atoms with Crippen LogP contribution in [0.25, 0.3) is 11.3 Å². The van der Waals surface area contributed by atoms with E-state index >= 15 is 0 Å². The van der Waals surface area contributed by atoms with E-state index in [1.54, 1.807) is 26.3 Å². The zero-order chi connectivity index (χ0) is 26.0. The van der Waals surface area contributed by atoms with Crippen molar-refractivity contribution in [1.82, 2.24) is 15.1 Å². The first kappa shape index (κ1) is 26.4. The third-order valence-corrected chi connectivity index (χ3v) is 7.38. The summed E-state index contributed by atoms with van der Waals surface area (Å²) in [7, 11) is -0.733. The summed E-state index contributed by atoms with van der Waals surface area (Å²) in [5, 5.41) is 7.53. The molecule has 1 heterocycles. The van der Waals surface area contributed by atoms with E-state index in [1.165, 1.54) is 16.8 Å². The van der Waals surface area contributed by atoms with Crippen molar-refractivity contribution in [2.75, 3.05) is 11.8 Å². The average molecular weight is 499 g/mol. The molecule has 1 amide bonds. The minimum atomic E-state index is -3.98. The van der Waals surface area contributed by atoms with E-state index in [-0.39, 0.29) is 27.7 Å². The van der Waals surface area contributed by atoms with Crippen molar-refractivity contribution >= 4 is 21.6 Å². The standard InChI is InChI=1S/C26H34N4O4S/c1-17-8-14-21(15-9-17)35(32,33)29-23-22(20-12-10-19(11-13-20)16-34-7)28-30(6)24(23)25(31)27-18(2)26(3,4)5/h8-15,18,29H,16H2,1-7H3,(H,27,31). The molecule has 0 fully saturated rings. The van der Waals surface area contributed by atoms with Gasteiger partial charge in [-0.15, -0.1) is 0 Å². The van der Waals surface area contributed by atoms with Crippen LogP contribution >= 0.6 is 0 Å². The Morgan fingerprint density at radius 2 is 1.69 bits per heavy atom. The molecule has 0 saturated carbocycles. The molecule has 0 radical (unpaired) electrons. The van der Waals surface area contributed by atoms with Crippen molar-refractivity contribution < 1.29 is 17.9 Å². The minimum absolute atomic E-state index is 0.0998. The molecule has 0 spiro atoms. The van der Waals surface area contributed by atoms with E-state index in [0.29, 0.717) is 17.9 Å². The van der Waals surface area contributed by atoms with Gasteiger partial charge in [-0.3, -0.25) is 14.2 Å². The number of amides is 1. The van der Waals surface area contributed by atoms with E-state index in [1.807, 2.05) is 58.9 Å². The molecule has 1 atom stereocenters. The van der Waals surface area contributed by atoms with Crippen molar-refractivity contribution in [3.8, 4) is 11.3 Å². The summed E-state index contributed by atoms with van der Waals surface area (Å²) < 4.78 is 35.8. The molecule has 0 saturated heterocycles. The zero-order valence-electron chi connectivity index (χ0n) is 21.3. The molecule has 0 aliphatic rings. The number of aryl methyl sites for hydroxylation is 2. The second-order valence-electron chi connectivity index (χ2n) is 9.81. The van der Waals surface area contributed by atoms with Crippen LogP contribution in [0.3, 0.4) is 0 Å². The Morgan fingerprint density at radius 1 is 1.09 bits per heavy atom. The molecular weight excluding hydrogens is 464 g/mol. The van der Waals surface area contributed by atoms with Crippen LogP contribution in [-0.4, -0.2) is 37.3 Å². The molecule has 1 unspecified atom stereocenters. The largest absolute Gasteiger partial charge is 0.380 e. The van der Waals surface area contributed by atoms with Gasteiger partial charge in [0.1, 0.15) is 11.4 Å². The Labute approximate surface area is 207 Å². The zero-order valence-corrected chi connectivity index (χ0v) is 22.2. The fourth-order valence-corrected chi connectivity index (χ4v) is 4.48. The highest BCUT2D eigenvalue weighted by Crippen LogP contribution is 2.33. The van der Waals surface area contributed by atoms with Crippen LogP contribution in [0.5, 0.6) is 0 Å². The van der Waals surface area contributed by atoms with E-state index in [4.69, 9.17) is 4.74 Å². The lowest BCUT2D eigenvalue weighted by atomic mass is 9.88. The lowest BCUT2D eigenvalue weighted by Gasteiger charge is -2.28. The fraction of sp³-hybridized carbons (Fsp3) is 0.385. The molecule has 0 bridgehead atoms. The van der Waals surface area contributed by atoms with Crippen LogP contribution in [0.2, 0.25) is 0 Å². The highest BCUT2D eigenvalue weighted by atomic mass is 32.2. The Bertz CT molecular complexity index is 1290. The maximum absolute atomic E-state index is 13.4. The van der Waals surface area contributed by atoms with Gasteiger partial charge in [-0.2, -0.15) is 5.10 Å². The quantitative estimate of drug-likeness (QED) is 0.476. The summed E-state index contributed by atoms with van der Waals surface area (Å²) in [5.74, 6) is -0.411. The van der Waals surface area contributed by atoms with E-state index in [9.17, 15) is 13.2 Å².